The van der Waals surface area contributed by atoms with E-state index in [4.69, 9.17) is 9.47 Å². The average molecular weight is 434 g/mol. The van der Waals surface area contributed by atoms with Crippen molar-refractivity contribution in [3.8, 4) is 11.5 Å². The van der Waals surface area contributed by atoms with Crippen LogP contribution in [0.25, 0.3) is 5.70 Å². The number of carbonyl (C=O) groups is 1. The molecular formula is C21H24BrNO4. The number of nitrogens with zero attached hydrogens (tertiary/aromatic N) is 1. The van der Waals surface area contributed by atoms with Crippen LogP contribution in [-0.4, -0.2) is 30.2 Å². The van der Waals surface area contributed by atoms with Crippen molar-refractivity contribution in [2.45, 2.75) is 20.3 Å². The third kappa shape index (κ3) is 4.63. The molecule has 0 saturated carbocycles. The maximum absolute atomic E-state index is 11.6. The second-order valence-corrected chi connectivity index (χ2v) is 7.12. The number of hydrogen-bond acceptors (Lipinski definition) is 4. The summed E-state index contributed by atoms with van der Waals surface area (Å²) in [6.07, 6.45) is 8.88. The van der Waals surface area contributed by atoms with Gasteiger partial charge in [0, 0.05) is 27.6 Å². The van der Waals surface area contributed by atoms with Crippen LogP contribution in [0, 0.1) is 5.92 Å². The molecule has 1 unspecified atom stereocenters. The quantitative estimate of drug-likeness (QED) is 0.622. The Balaban J connectivity index is 2.67. The Kier molecular flexibility index (Phi) is 6.91. The lowest BCUT2D eigenvalue weighted by Crippen LogP contribution is -2.17. The van der Waals surface area contributed by atoms with E-state index >= 15 is 0 Å². The summed E-state index contributed by atoms with van der Waals surface area (Å²) in [7, 11) is 2.89. The van der Waals surface area contributed by atoms with E-state index in [1.165, 1.54) is 14.2 Å². The molecule has 1 aromatic rings. The van der Waals surface area contributed by atoms with Crippen LogP contribution < -0.4 is 9.47 Å². The van der Waals surface area contributed by atoms with E-state index in [9.17, 15) is 9.90 Å². The molecule has 0 bridgehead atoms. The standard InChI is InChI=1S/C21H24BrNO4/c1-6-13(2)9-17(23-8-7-16(22)10-14(23)3)15-11-18(26-4)20(21(24)25)19(12-15)27-5/h7-13H,3,6H2,1-2,4-5H3,(H,24,25)/b17-9-. The summed E-state index contributed by atoms with van der Waals surface area (Å²) in [6.45, 7) is 8.37. The zero-order valence-corrected chi connectivity index (χ0v) is 17.5. The van der Waals surface area contributed by atoms with Gasteiger partial charge in [0.05, 0.1) is 14.2 Å². The van der Waals surface area contributed by atoms with Crippen LogP contribution in [-0.2, 0) is 0 Å². The second kappa shape index (κ2) is 8.95. The lowest BCUT2D eigenvalue weighted by Gasteiger charge is -2.28. The molecule has 1 aliphatic rings. The van der Waals surface area contributed by atoms with Crippen molar-refractivity contribution in [1.82, 2.24) is 4.90 Å². The molecular weight excluding hydrogens is 410 g/mol. The first-order chi connectivity index (χ1) is 12.8. The summed E-state index contributed by atoms with van der Waals surface area (Å²) < 4.78 is 11.6. The smallest absolute Gasteiger partial charge is 0.343 e. The summed E-state index contributed by atoms with van der Waals surface area (Å²) in [4.78, 5) is 13.6. The van der Waals surface area contributed by atoms with E-state index in [1.54, 1.807) is 12.1 Å². The number of carboxylic acid groups (broad SMARTS) is 1. The number of aromatic carboxylic acids is 1. The maximum atomic E-state index is 11.6. The Morgan fingerprint density at radius 1 is 1.33 bits per heavy atom. The number of rotatable bonds is 7. The van der Waals surface area contributed by atoms with Crippen LogP contribution in [0.4, 0.5) is 0 Å². The van der Waals surface area contributed by atoms with Gasteiger partial charge < -0.3 is 19.5 Å². The molecule has 0 spiro atoms. The molecule has 1 heterocycles. The SMILES string of the molecule is C=C1C=C(Br)C=CN1/C(=C\C(C)CC)c1cc(OC)c(C(=O)O)c(OC)c1. The lowest BCUT2D eigenvalue weighted by molar-refractivity contribution is 0.0689. The molecule has 144 valence electrons. The lowest BCUT2D eigenvalue weighted by atomic mass is 10.00. The fourth-order valence-corrected chi connectivity index (χ4v) is 3.11. The van der Waals surface area contributed by atoms with E-state index in [1.807, 2.05) is 23.3 Å². The Morgan fingerprint density at radius 2 is 1.93 bits per heavy atom. The first-order valence-electron chi connectivity index (χ1n) is 8.57. The third-order valence-electron chi connectivity index (χ3n) is 4.36. The number of benzene rings is 1. The molecule has 27 heavy (non-hydrogen) atoms. The largest absolute Gasteiger partial charge is 0.496 e. The molecule has 1 aliphatic heterocycles. The highest BCUT2D eigenvalue weighted by Crippen LogP contribution is 2.37. The molecule has 1 N–H and O–H groups in total. The summed E-state index contributed by atoms with van der Waals surface area (Å²) in [5.74, 6) is -0.297. The van der Waals surface area contributed by atoms with Crippen LogP contribution in [0.3, 0.4) is 0 Å². The van der Waals surface area contributed by atoms with E-state index in [2.05, 4.69) is 42.4 Å². The average Bonchev–Trinajstić information content (AvgIpc) is 2.64. The van der Waals surface area contributed by atoms with Crippen molar-refractivity contribution in [3.05, 3.63) is 64.4 Å². The zero-order chi connectivity index (χ0) is 20.1. The number of methoxy groups -OCH3 is 2. The van der Waals surface area contributed by atoms with Crippen molar-refractivity contribution in [3.63, 3.8) is 0 Å². The maximum Gasteiger partial charge on any atom is 0.343 e. The second-order valence-electron chi connectivity index (χ2n) is 6.20. The zero-order valence-electron chi connectivity index (χ0n) is 16.0. The van der Waals surface area contributed by atoms with Crippen molar-refractivity contribution in [1.29, 1.82) is 0 Å². The van der Waals surface area contributed by atoms with Crippen molar-refractivity contribution in [2.75, 3.05) is 14.2 Å². The minimum absolute atomic E-state index is 0.00212. The highest BCUT2D eigenvalue weighted by atomic mass is 79.9. The fraction of sp³-hybridized carbons (Fsp3) is 0.286. The van der Waals surface area contributed by atoms with Gasteiger partial charge in [-0.25, -0.2) is 4.79 Å². The van der Waals surface area contributed by atoms with E-state index in [0.717, 1.165) is 27.9 Å². The van der Waals surface area contributed by atoms with Gasteiger partial charge in [-0.1, -0.05) is 48.9 Å². The molecule has 0 fully saturated rings. The molecule has 0 aliphatic carbocycles. The number of hydrogen-bond donors (Lipinski definition) is 1. The topological polar surface area (TPSA) is 59.0 Å². The highest BCUT2D eigenvalue weighted by molar-refractivity contribution is 9.11. The Labute approximate surface area is 168 Å². The molecule has 5 nitrogen and oxygen atoms in total. The minimum atomic E-state index is -1.10. The van der Waals surface area contributed by atoms with Gasteiger partial charge in [-0.2, -0.15) is 0 Å². The summed E-state index contributed by atoms with van der Waals surface area (Å²) in [5, 5.41) is 9.52. The van der Waals surface area contributed by atoms with Gasteiger partial charge in [0.1, 0.15) is 17.1 Å². The van der Waals surface area contributed by atoms with Crippen LogP contribution in [0.5, 0.6) is 11.5 Å². The van der Waals surface area contributed by atoms with Gasteiger partial charge in [-0.15, -0.1) is 0 Å². The number of halogens is 1. The Morgan fingerprint density at radius 3 is 2.37 bits per heavy atom. The van der Waals surface area contributed by atoms with Crippen LogP contribution in [0.2, 0.25) is 0 Å². The molecule has 1 aromatic carbocycles. The molecule has 0 saturated heterocycles. The third-order valence-corrected chi connectivity index (χ3v) is 4.85. The predicted octanol–water partition coefficient (Wildman–Crippen LogP) is 5.41. The predicted molar refractivity (Wildman–Crippen MR) is 111 cm³/mol. The first-order valence-corrected chi connectivity index (χ1v) is 9.36. The first kappa shape index (κ1) is 20.8. The summed E-state index contributed by atoms with van der Waals surface area (Å²) in [6, 6.07) is 3.43. The minimum Gasteiger partial charge on any atom is -0.496 e. The molecule has 0 amide bonds. The van der Waals surface area contributed by atoms with Crippen molar-refractivity contribution in [2.24, 2.45) is 5.92 Å². The van der Waals surface area contributed by atoms with Gasteiger partial charge >= 0.3 is 5.97 Å². The summed E-state index contributed by atoms with van der Waals surface area (Å²) >= 11 is 3.46. The van der Waals surface area contributed by atoms with Crippen molar-refractivity contribution < 1.29 is 19.4 Å². The van der Waals surface area contributed by atoms with Crippen LogP contribution in [0.1, 0.15) is 36.2 Å². The van der Waals surface area contributed by atoms with Gasteiger partial charge in [-0.3, -0.25) is 0 Å². The van der Waals surface area contributed by atoms with E-state index in [-0.39, 0.29) is 17.1 Å². The summed E-state index contributed by atoms with van der Waals surface area (Å²) in [5.41, 5.74) is 2.46. The monoisotopic (exact) mass is 433 g/mol. The number of ether oxygens (including phenoxy) is 2. The molecule has 1 atom stereocenters. The van der Waals surface area contributed by atoms with Gasteiger partial charge in [0.2, 0.25) is 0 Å². The Bertz CT molecular complexity index is 814. The highest BCUT2D eigenvalue weighted by Gasteiger charge is 2.23. The van der Waals surface area contributed by atoms with Gasteiger partial charge in [0.25, 0.3) is 0 Å². The number of carboxylic acids is 1. The number of allylic oxidation sites excluding steroid dienone is 4. The Hall–Kier alpha value is -2.47. The van der Waals surface area contributed by atoms with Crippen LogP contribution >= 0.6 is 15.9 Å². The molecule has 6 heteroatoms. The fourth-order valence-electron chi connectivity index (χ4n) is 2.73. The van der Waals surface area contributed by atoms with Gasteiger partial charge in [0.15, 0.2) is 0 Å². The molecule has 0 radical (unpaired) electrons. The van der Waals surface area contributed by atoms with Crippen molar-refractivity contribution >= 4 is 27.6 Å². The van der Waals surface area contributed by atoms with Crippen LogP contribution in [0.15, 0.2) is 53.3 Å². The van der Waals surface area contributed by atoms with Gasteiger partial charge in [-0.05, 0) is 30.2 Å². The van der Waals surface area contributed by atoms with E-state index < -0.39 is 5.97 Å². The van der Waals surface area contributed by atoms with E-state index in [0.29, 0.717) is 5.92 Å². The molecule has 0 aromatic heterocycles. The molecule has 2 rings (SSSR count). The normalized spacial score (nSPS) is 15.4.